The van der Waals surface area contributed by atoms with Crippen molar-refractivity contribution >= 4 is 18.0 Å². The van der Waals surface area contributed by atoms with E-state index in [0.29, 0.717) is 30.9 Å². The number of hydrogen-bond acceptors (Lipinski definition) is 4. The molecule has 1 N–H and O–H groups in total. The Morgan fingerprint density at radius 3 is 2.64 bits per heavy atom. The fourth-order valence-corrected chi connectivity index (χ4v) is 2.14. The molecule has 0 aliphatic carbocycles. The van der Waals surface area contributed by atoms with Gasteiger partial charge in [0.15, 0.2) is 0 Å². The lowest BCUT2D eigenvalue weighted by Gasteiger charge is -2.02. The Balaban J connectivity index is 1.73. The average Bonchev–Trinajstić information content (AvgIpc) is 3.07. The second-order valence-corrected chi connectivity index (χ2v) is 5.38. The minimum atomic E-state index is -0.297. The van der Waals surface area contributed by atoms with E-state index < -0.39 is 0 Å². The van der Waals surface area contributed by atoms with Gasteiger partial charge in [-0.1, -0.05) is 12.1 Å². The number of carbonyl (C=O) groups excluding carboxylic acids is 2. The number of nitrogens with one attached hydrogen (secondary N) is 1. The fourth-order valence-electron chi connectivity index (χ4n) is 2.14. The van der Waals surface area contributed by atoms with Crippen LogP contribution in [-0.4, -0.2) is 25.5 Å². The van der Waals surface area contributed by atoms with Crippen molar-refractivity contribution < 1.29 is 23.1 Å². The van der Waals surface area contributed by atoms with Gasteiger partial charge in [0.25, 0.3) is 0 Å². The summed E-state index contributed by atoms with van der Waals surface area (Å²) in [5.74, 6) is 0.374. The maximum Gasteiger partial charge on any atom is 0.305 e. The van der Waals surface area contributed by atoms with E-state index in [0.717, 1.165) is 5.56 Å². The van der Waals surface area contributed by atoms with Crippen molar-refractivity contribution in [3.8, 4) is 0 Å². The van der Waals surface area contributed by atoms with Crippen LogP contribution in [0.3, 0.4) is 0 Å². The van der Waals surface area contributed by atoms with Crippen molar-refractivity contribution in [1.29, 1.82) is 0 Å². The van der Waals surface area contributed by atoms with Gasteiger partial charge >= 0.3 is 5.97 Å². The van der Waals surface area contributed by atoms with Crippen LogP contribution in [-0.2, 0) is 27.2 Å². The van der Waals surface area contributed by atoms with Crippen LogP contribution < -0.4 is 5.32 Å². The van der Waals surface area contributed by atoms with Crippen molar-refractivity contribution in [1.82, 2.24) is 5.32 Å². The summed E-state index contributed by atoms with van der Waals surface area (Å²) in [7, 11) is 1.34. The number of rotatable bonds is 8. The van der Waals surface area contributed by atoms with E-state index in [4.69, 9.17) is 4.42 Å². The molecule has 6 heteroatoms. The van der Waals surface area contributed by atoms with Gasteiger partial charge in [0.05, 0.1) is 13.5 Å². The highest BCUT2D eigenvalue weighted by atomic mass is 19.1. The van der Waals surface area contributed by atoms with E-state index in [2.05, 4.69) is 10.1 Å². The first-order chi connectivity index (χ1) is 12.1. The van der Waals surface area contributed by atoms with Crippen LogP contribution in [0.2, 0.25) is 0 Å². The molecule has 1 heterocycles. The highest BCUT2D eigenvalue weighted by molar-refractivity contribution is 5.91. The number of amides is 1. The molecule has 0 saturated heterocycles. The summed E-state index contributed by atoms with van der Waals surface area (Å²) < 4.78 is 22.9. The Labute approximate surface area is 145 Å². The zero-order valence-corrected chi connectivity index (χ0v) is 14.0. The van der Waals surface area contributed by atoms with Gasteiger partial charge in [-0.15, -0.1) is 0 Å². The minimum Gasteiger partial charge on any atom is -0.469 e. The molecule has 0 spiro atoms. The lowest BCUT2D eigenvalue weighted by atomic mass is 10.1. The number of benzene rings is 1. The Hall–Kier alpha value is -2.89. The predicted octanol–water partition coefficient (Wildman–Crippen LogP) is 2.90. The molecule has 0 unspecified atom stereocenters. The second kappa shape index (κ2) is 9.42. The number of aryl methyl sites for hydroxylation is 1. The molecule has 2 aromatic rings. The van der Waals surface area contributed by atoms with Gasteiger partial charge in [0.2, 0.25) is 5.91 Å². The second-order valence-electron chi connectivity index (χ2n) is 5.38. The number of carbonyl (C=O) groups is 2. The summed E-state index contributed by atoms with van der Waals surface area (Å²) in [6, 6.07) is 9.66. The van der Waals surface area contributed by atoms with Gasteiger partial charge in [0, 0.05) is 19.0 Å². The quantitative estimate of drug-likeness (QED) is 0.590. The van der Waals surface area contributed by atoms with E-state index in [9.17, 15) is 14.0 Å². The van der Waals surface area contributed by atoms with E-state index in [1.54, 1.807) is 30.3 Å². The Bertz CT molecular complexity index is 734. The molecule has 0 fully saturated rings. The van der Waals surface area contributed by atoms with Crippen LogP contribution in [0.1, 0.15) is 23.5 Å². The van der Waals surface area contributed by atoms with Crippen molar-refractivity contribution in [2.24, 2.45) is 0 Å². The fraction of sp³-hybridized carbons (Fsp3) is 0.263. The molecule has 0 saturated carbocycles. The SMILES string of the molecule is COC(=O)CCc1ccc(/C=C/C(=O)NCCc2ccc(F)cc2)o1. The summed E-state index contributed by atoms with van der Waals surface area (Å²) in [4.78, 5) is 22.8. The minimum absolute atomic E-state index is 0.241. The summed E-state index contributed by atoms with van der Waals surface area (Å²) in [6.45, 7) is 0.456. The van der Waals surface area contributed by atoms with Crippen LogP contribution in [0.25, 0.3) is 6.08 Å². The van der Waals surface area contributed by atoms with Crippen molar-refractivity contribution in [2.75, 3.05) is 13.7 Å². The molecule has 5 nitrogen and oxygen atoms in total. The van der Waals surface area contributed by atoms with Gasteiger partial charge in [-0.2, -0.15) is 0 Å². The van der Waals surface area contributed by atoms with Crippen LogP contribution in [0.15, 0.2) is 46.9 Å². The summed E-state index contributed by atoms with van der Waals surface area (Å²) in [5, 5.41) is 2.75. The average molecular weight is 345 g/mol. The summed E-state index contributed by atoms with van der Waals surface area (Å²) in [5.41, 5.74) is 0.951. The number of ether oxygens (including phenoxy) is 1. The maximum absolute atomic E-state index is 12.8. The highest BCUT2D eigenvalue weighted by Gasteiger charge is 2.05. The Morgan fingerprint density at radius 1 is 1.16 bits per heavy atom. The number of hydrogen-bond donors (Lipinski definition) is 1. The molecule has 0 atom stereocenters. The zero-order valence-electron chi connectivity index (χ0n) is 14.0. The van der Waals surface area contributed by atoms with Crippen LogP contribution in [0.5, 0.6) is 0 Å². The standard InChI is InChI=1S/C19H20FNO4/c1-24-19(23)11-9-17-7-6-16(25-17)8-10-18(22)21-13-12-14-2-4-15(20)5-3-14/h2-8,10H,9,11-13H2,1H3,(H,21,22)/b10-8+. The van der Waals surface area contributed by atoms with Crippen LogP contribution >= 0.6 is 0 Å². The zero-order chi connectivity index (χ0) is 18.1. The first-order valence-corrected chi connectivity index (χ1v) is 7.92. The maximum atomic E-state index is 12.8. The monoisotopic (exact) mass is 345 g/mol. The number of esters is 1. The first-order valence-electron chi connectivity index (χ1n) is 7.92. The highest BCUT2D eigenvalue weighted by Crippen LogP contribution is 2.11. The lowest BCUT2D eigenvalue weighted by molar-refractivity contribution is -0.140. The normalized spacial score (nSPS) is 10.8. The number of methoxy groups -OCH3 is 1. The molecule has 0 bridgehead atoms. The Kier molecular flexibility index (Phi) is 6.95. The van der Waals surface area contributed by atoms with Crippen LogP contribution in [0, 0.1) is 5.82 Å². The van der Waals surface area contributed by atoms with Gasteiger partial charge in [0.1, 0.15) is 17.3 Å². The predicted molar refractivity (Wildman–Crippen MR) is 91.2 cm³/mol. The number of halogens is 1. The third-order valence-electron chi connectivity index (χ3n) is 3.51. The van der Waals surface area contributed by atoms with Gasteiger partial charge < -0.3 is 14.5 Å². The van der Waals surface area contributed by atoms with E-state index in [1.165, 1.54) is 25.3 Å². The van der Waals surface area contributed by atoms with Crippen molar-refractivity contribution in [3.63, 3.8) is 0 Å². The lowest BCUT2D eigenvalue weighted by Crippen LogP contribution is -2.23. The first kappa shape index (κ1) is 18.4. The van der Waals surface area contributed by atoms with Crippen LogP contribution in [0.4, 0.5) is 4.39 Å². The van der Waals surface area contributed by atoms with Gasteiger partial charge in [-0.05, 0) is 42.3 Å². The molecule has 25 heavy (non-hydrogen) atoms. The molecular weight excluding hydrogens is 325 g/mol. The summed E-state index contributed by atoms with van der Waals surface area (Å²) in [6.07, 6.45) is 4.27. The van der Waals surface area contributed by atoms with E-state index in [-0.39, 0.29) is 24.1 Å². The molecule has 1 amide bonds. The molecular formula is C19H20FNO4. The molecule has 132 valence electrons. The van der Waals surface area contributed by atoms with E-state index in [1.807, 2.05) is 0 Å². The third-order valence-corrected chi connectivity index (χ3v) is 3.51. The third kappa shape index (κ3) is 6.63. The summed E-state index contributed by atoms with van der Waals surface area (Å²) >= 11 is 0. The molecule has 2 rings (SSSR count). The smallest absolute Gasteiger partial charge is 0.305 e. The van der Waals surface area contributed by atoms with E-state index >= 15 is 0 Å². The molecule has 1 aromatic heterocycles. The molecule has 0 aliphatic heterocycles. The van der Waals surface area contributed by atoms with Gasteiger partial charge in [-0.3, -0.25) is 9.59 Å². The van der Waals surface area contributed by atoms with Crippen molar-refractivity contribution in [3.05, 3.63) is 65.4 Å². The number of furan rings is 1. The molecule has 0 radical (unpaired) electrons. The Morgan fingerprint density at radius 2 is 1.92 bits per heavy atom. The molecule has 0 aliphatic rings. The van der Waals surface area contributed by atoms with Crippen molar-refractivity contribution in [2.45, 2.75) is 19.3 Å². The largest absolute Gasteiger partial charge is 0.469 e. The topological polar surface area (TPSA) is 68.5 Å². The molecule has 1 aromatic carbocycles. The van der Waals surface area contributed by atoms with Gasteiger partial charge in [-0.25, -0.2) is 4.39 Å².